The average molecular weight is 293 g/mol. The smallest absolute Gasteiger partial charge is 0.325 e. The summed E-state index contributed by atoms with van der Waals surface area (Å²) in [6.07, 6.45) is 1.42. The number of carbonyl (C=O) groups excluding carboxylic acids is 1. The lowest BCUT2D eigenvalue weighted by atomic mass is 9.94. The van der Waals surface area contributed by atoms with E-state index in [4.69, 9.17) is 9.47 Å². The summed E-state index contributed by atoms with van der Waals surface area (Å²) in [4.78, 5) is 12.0. The number of benzene rings is 1. The van der Waals surface area contributed by atoms with E-state index in [0.717, 1.165) is 12.2 Å². The summed E-state index contributed by atoms with van der Waals surface area (Å²) < 4.78 is 10.8. The highest BCUT2D eigenvalue weighted by atomic mass is 16.5. The maximum atomic E-state index is 12.0. The molecule has 0 heterocycles. The fourth-order valence-corrected chi connectivity index (χ4v) is 2.53. The van der Waals surface area contributed by atoms with Gasteiger partial charge >= 0.3 is 5.97 Å². The van der Waals surface area contributed by atoms with E-state index in [1.54, 1.807) is 0 Å². The molecule has 1 N–H and O–H groups in total. The van der Waals surface area contributed by atoms with E-state index in [0.29, 0.717) is 13.0 Å². The molecule has 0 aliphatic heterocycles. The molecule has 1 aromatic rings. The van der Waals surface area contributed by atoms with Crippen molar-refractivity contribution in [3.63, 3.8) is 0 Å². The van der Waals surface area contributed by atoms with Crippen LogP contribution in [-0.4, -0.2) is 31.3 Å². The highest BCUT2D eigenvalue weighted by Gasteiger charge is 2.35. The van der Waals surface area contributed by atoms with Gasteiger partial charge in [0.1, 0.15) is 11.3 Å². The van der Waals surface area contributed by atoms with Crippen LogP contribution < -0.4 is 10.1 Å². The average Bonchev–Trinajstić information content (AvgIpc) is 2.46. The minimum absolute atomic E-state index is 0.0970. The first-order valence-electron chi connectivity index (χ1n) is 7.54. The van der Waals surface area contributed by atoms with Crippen LogP contribution in [0.1, 0.15) is 39.7 Å². The van der Waals surface area contributed by atoms with Gasteiger partial charge in [0.25, 0.3) is 0 Å². The molecule has 21 heavy (non-hydrogen) atoms. The molecule has 0 aliphatic rings. The van der Waals surface area contributed by atoms with Crippen LogP contribution >= 0.6 is 0 Å². The van der Waals surface area contributed by atoms with Crippen LogP contribution in [0.4, 0.5) is 0 Å². The zero-order chi connectivity index (χ0) is 15.9. The first-order chi connectivity index (χ1) is 9.95. The summed E-state index contributed by atoms with van der Waals surface area (Å²) in [5.74, 6) is 0.577. The van der Waals surface area contributed by atoms with E-state index >= 15 is 0 Å². The Kier molecular flexibility index (Phi) is 6.69. The van der Waals surface area contributed by atoms with E-state index in [1.807, 2.05) is 39.0 Å². The maximum absolute atomic E-state index is 12.0. The van der Waals surface area contributed by atoms with Gasteiger partial charge in [0.15, 0.2) is 0 Å². The summed E-state index contributed by atoms with van der Waals surface area (Å²) in [7, 11) is 1.41. The molecule has 0 radical (unpaired) electrons. The molecule has 0 saturated heterocycles. The van der Waals surface area contributed by atoms with E-state index in [9.17, 15) is 4.79 Å². The molecule has 0 bridgehead atoms. The molecule has 0 aromatic heterocycles. The minimum Gasteiger partial charge on any atom is -0.491 e. The lowest BCUT2D eigenvalue weighted by Crippen LogP contribution is -2.52. The van der Waals surface area contributed by atoms with Crippen molar-refractivity contribution in [2.45, 2.75) is 52.2 Å². The van der Waals surface area contributed by atoms with Gasteiger partial charge in [0.05, 0.1) is 13.2 Å². The van der Waals surface area contributed by atoms with Gasteiger partial charge in [-0.25, -0.2) is 0 Å². The van der Waals surface area contributed by atoms with Crippen molar-refractivity contribution in [3.05, 3.63) is 29.8 Å². The topological polar surface area (TPSA) is 47.6 Å². The van der Waals surface area contributed by atoms with Crippen LogP contribution in [0.2, 0.25) is 0 Å². The van der Waals surface area contributed by atoms with Crippen LogP contribution in [0.3, 0.4) is 0 Å². The number of aryl methyl sites for hydroxylation is 1. The van der Waals surface area contributed by atoms with Crippen LogP contribution in [0.15, 0.2) is 24.3 Å². The Bertz CT molecular complexity index is 461. The van der Waals surface area contributed by atoms with E-state index in [2.05, 4.69) is 18.3 Å². The van der Waals surface area contributed by atoms with Crippen molar-refractivity contribution in [1.29, 1.82) is 0 Å². The summed E-state index contributed by atoms with van der Waals surface area (Å²) in [5.41, 5.74) is 0.507. The first kappa shape index (κ1) is 17.5. The number of hydrogen-bond donors (Lipinski definition) is 1. The lowest BCUT2D eigenvalue weighted by Gasteiger charge is -2.30. The lowest BCUT2D eigenvalue weighted by molar-refractivity contribution is -0.149. The molecule has 2 unspecified atom stereocenters. The number of esters is 1. The van der Waals surface area contributed by atoms with Crippen molar-refractivity contribution in [3.8, 4) is 5.75 Å². The molecule has 2 atom stereocenters. The van der Waals surface area contributed by atoms with Crippen molar-refractivity contribution in [2.75, 3.05) is 13.7 Å². The minimum atomic E-state index is -0.731. The molecule has 0 aliphatic carbocycles. The molecule has 4 nitrogen and oxygen atoms in total. The second-order valence-corrected chi connectivity index (χ2v) is 5.49. The highest BCUT2D eigenvalue weighted by Crippen LogP contribution is 2.21. The van der Waals surface area contributed by atoms with Crippen LogP contribution in [0.5, 0.6) is 5.75 Å². The van der Waals surface area contributed by atoms with Crippen molar-refractivity contribution in [1.82, 2.24) is 5.32 Å². The Labute approximate surface area is 127 Å². The maximum Gasteiger partial charge on any atom is 0.325 e. The SMILES string of the molecule is CCNC(C)(CC(C)Oc1cccc(CC)c1)C(=O)OC. The highest BCUT2D eigenvalue weighted by molar-refractivity contribution is 5.80. The third kappa shape index (κ3) is 5.05. The number of methoxy groups -OCH3 is 1. The van der Waals surface area contributed by atoms with Crippen molar-refractivity contribution >= 4 is 5.97 Å². The Morgan fingerprint density at radius 2 is 2.10 bits per heavy atom. The number of hydrogen-bond acceptors (Lipinski definition) is 4. The quantitative estimate of drug-likeness (QED) is 0.749. The predicted molar refractivity (Wildman–Crippen MR) is 84.6 cm³/mol. The normalized spacial score (nSPS) is 15.1. The second-order valence-electron chi connectivity index (χ2n) is 5.49. The summed E-state index contributed by atoms with van der Waals surface area (Å²) in [6, 6.07) is 8.05. The van der Waals surface area contributed by atoms with Gasteiger partial charge in [0.2, 0.25) is 0 Å². The standard InChI is InChI=1S/C17H27NO3/c1-6-14-9-8-10-15(11-14)21-13(3)12-17(4,18-7-2)16(19)20-5/h8-11,13,18H,6-7,12H2,1-5H3. The summed E-state index contributed by atoms with van der Waals surface area (Å²) in [5, 5.41) is 3.19. The van der Waals surface area contributed by atoms with E-state index in [1.165, 1.54) is 12.7 Å². The van der Waals surface area contributed by atoms with Gasteiger partial charge in [-0.05, 0) is 44.5 Å². The van der Waals surface area contributed by atoms with Crippen LogP contribution in [-0.2, 0) is 16.0 Å². The van der Waals surface area contributed by atoms with E-state index in [-0.39, 0.29) is 12.1 Å². The second kappa shape index (κ2) is 8.03. The molecule has 1 rings (SSSR count). The first-order valence-corrected chi connectivity index (χ1v) is 7.54. The zero-order valence-corrected chi connectivity index (χ0v) is 13.7. The number of ether oxygens (including phenoxy) is 2. The van der Waals surface area contributed by atoms with E-state index < -0.39 is 5.54 Å². The molecule has 4 heteroatoms. The van der Waals surface area contributed by atoms with Gasteiger partial charge in [-0.3, -0.25) is 4.79 Å². The molecule has 0 spiro atoms. The monoisotopic (exact) mass is 293 g/mol. The van der Waals surface area contributed by atoms with Crippen LogP contribution in [0.25, 0.3) is 0 Å². The van der Waals surface area contributed by atoms with Crippen LogP contribution in [0, 0.1) is 0 Å². The predicted octanol–water partition coefficient (Wildman–Crippen LogP) is 2.95. The van der Waals surface area contributed by atoms with Gasteiger partial charge in [0, 0.05) is 6.42 Å². The summed E-state index contributed by atoms with van der Waals surface area (Å²) in [6.45, 7) is 8.60. The molecule has 0 saturated carbocycles. The molecule has 1 aromatic carbocycles. The van der Waals surface area contributed by atoms with Crippen molar-refractivity contribution in [2.24, 2.45) is 0 Å². The molecule has 118 valence electrons. The fourth-order valence-electron chi connectivity index (χ4n) is 2.53. The van der Waals surface area contributed by atoms with Gasteiger partial charge < -0.3 is 14.8 Å². The molecular weight excluding hydrogens is 266 g/mol. The molecular formula is C17H27NO3. The largest absolute Gasteiger partial charge is 0.491 e. The third-order valence-electron chi connectivity index (χ3n) is 3.54. The van der Waals surface area contributed by atoms with Crippen molar-refractivity contribution < 1.29 is 14.3 Å². The van der Waals surface area contributed by atoms with Gasteiger partial charge in [-0.1, -0.05) is 26.0 Å². The zero-order valence-electron chi connectivity index (χ0n) is 13.7. The molecule has 0 amide bonds. The van der Waals surface area contributed by atoms with Gasteiger partial charge in [-0.2, -0.15) is 0 Å². The number of nitrogens with one attached hydrogen (secondary N) is 1. The Balaban J connectivity index is 2.73. The number of carbonyl (C=O) groups is 1. The molecule has 0 fully saturated rings. The third-order valence-corrected chi connectivity index (χ3v) is 3.54. The Morgan fingerprint density at radius 3 is 2.67 bits per heavy atom. The Morgan fingerprint density at radius 1 is 1.38 bits per heavy atom. The van der Waals surface area contributed by atoms with Gasteiger partial charge in [-0.15, -0.1) is 0 Å². The number of likely N-dealkylation sites (N-methyl/N-ethyl adjacent to an activating group) is 1. The Hall–Kier alpha value is -1.55. The number of rotatable bonds is 8. The summed E-state index contributed by atoms with van der Waals surface area (Å²) >= 11 is 0. The fraction of sp³-hybridized carbons (Fsp3) is 0.588.